The molecule has 1 aromatic carbocycles. The van der Waals surface area contributed by atoms with Crippen LogP contribution in [0.4, 0.5) is 11.6 Å². The summed E-state index contributed by atoms with van der Waals surface area (Å²) in [5.74, 6) is 0.214. The van der Waals surface area contributed by atoms with Gasteiger partial charge in [-0.2, -0.15) is 10.4 Å². The zero-order chi connectivity index (χ0) is 22.5. The first kappa shape index (κ1) is 21.5. The van der Waals surface area contributed by atoms with Crippen molar-refractivity contribution in [3.05, 3.63) is 54.0 Å². The number of aryl methyl sites for hydroxylation is 1. The van der Waals surface area contributed by atoms with Gasteiger partial charge in [-0.1, -0.05) is 12.1 Å². The number of nitriles is 1. The molecule has 32 heavy (non-hydrogen) atoms. The highest BCUT2D eigenvalue weighted by atomic mass is 16.1. The SMILES string of the molecule is Cc1cnc(Nc2cnn(C3CCN(C)CC3)c2)nc1-c1ccc(C(=O)NCC#N)cc1. The van der Waals surface area contributed by atoms with Gasteiger partial charge in [0, 0.05) is 23.5 Å². The van der Waals surface area contributed by atoms with Gasteiger partial charge >= 0.3 is 0 Å². The molecule has 0 aliphatic carbocycles. The van der Waals surface area contributed by atoms with E-state index in [9.17, 15) is 4.79 Å². The predicted octanol–water partition coefficient (Wildman–Crippen LogP) is 2.91. The highest BCUT2D eigenvalue weighted by molar-refractivity contribution is 5.94. The lowest BCUT2D eigenvalue weighted by molar-refractivity contribution is 0.0958. The standard InChI is InChI=1S/C23H26N8O/c1-16-13-26-23(28-19-14-27-31(15-19)20-7-11-30(2)12-8-20)29-21(16)17-3-5-18(6-4-17)22(32)25-10-9-24/h3-6,13-15,20H,7-8,10-12H2,1-2H3,(H,25,32)(H,26,28,29). The number of carbonyl (C=O) groups is 1. The van der Waals surface area contributed by atoms with Gasteiger partial charge in [-0.15, -0.1) is 0 Å². The Morgan fingerprint density at radius 3 is 2.69 bits per heavy atom. The van der Waals surface area contributed by atoms with Crippen LogP contribution >= 0.6 is 0 Å². The van der Waals surface area contributed by atoms with Gasteiger partial charge in [-0.05, 0) is 57.6 Å². The summed E-state index contributed by atoms with van der Waals surface area (Å²) in [5.41, 5.74) is 3.94. The van der Waals surface area contributed by atoms with Gasteiger partial charge in [0.1, 0.15) is 6.54 Å². The molecular formula is C23H26N8O. The van der Waals surface area contributed by atoms with E-state index in [1.807, 2.05) is 36.0 Å². The van der Waals surface area contributed by atoms with Crippen LogP contribution in [0.25, 0.3) is 11.3 Å². The van der Waals surface area contributed by atoms with Crippen LogP contribution in [0.15, 0.2) is 42.9 Å². The third-order valence-corrected chi connectivity index (χ3v) is 5.64. The van der Waals surface area contributed by atoms with Crippen LogP contribution in [0.2, 0.25) is 0 Å². The molecule has 9 heteroatoms. The molecule has 0 atom stereocenters. The van der Waals surface area contributed by atoms with Crippen LogP contribution in [0.1, 0.15) is 34.8 Å². The maximum absolute atomic E-state index is 12.0. The summed E-state index contributed by atoms with van der Waals surface area (Å²) in [6.45, 7) is 4.09. The van der Waals surface area contributed by atoms with Crippen LogP contribution in [-0.4, -0.2) is 57.2 Å². The summed E-state index contributed by atoms with van der Waals surface area (Å²) in [7, 11) is 2.15. The highest BCUT2D eigenvalue weighted by Gasteiger charge is 2.19. The van der Waals surface area contributed by atoms with Gasteiger partial charge in [-0.25, -0.2) is 9.97 Å². The van der Waals surface area contributed by atoms with Crippen molar-refractivity contribution in [3.8, 4) is 17.3 Å². The minimum Gasteiger partial charge on any atom is -0.339 e. The number of rotatable bonds is 6. The zero-order valence-electron chi connectivity index (χ0n) is 18.2. The van der Waals surface area contributed by atoms with Crippen LogP contribution in [0.3, 0.4) is 0 Å². The average molecular weight is 431 g/mol. The number of anilines is 2. The quantitative estimate of drug-likeness (QED) is 0.578. The number of benzene rings is 1. The van der Waals surface area contributed by atoms with Crippen molar-refractivity contribution in [2.75, 3.05) is 32.0 Å². The highest BCUT2D eigenvalue weighted by Crippen LogP contribution is 2.25. The molecule has 0 radical (unpaired) electrons. The fourth-order valence-corrected chi connectivity index (χ4v) is 3.79. The third-order valence-electron chi connectivity index (χ3n) is 5.64. The zero-order valence-corrected chi connectivity index (χ0v) is 18.2. The number of hydrogen-bond acceptors (Lipinski definition) is 7. The van der Waals surface area contributed by atoms with E-state index in [0.29, 0.717) is 17.6 Å². The largest absolute Gasteiger partial charge is 0.339 e. The maximum atomic E-state index is 12.0. The Morgan fingerprint density at radius 1 is 1.22 bits per heavy atom. The van der Waals surface area contributed by atoms with E-state index in [1.165, 1.54) is 0 Å². The van der Waals surface area contributed by atoms with E-state index in [2.05, 4.69) is 37.6 Å². The fraction of sp³-hybridized carbons (Fsp3) is 0.348. The second-order valence-corrected chi connectivity index (χ2v) is 8.01. The van der Waals surface area contributed by atoms with Crippen molar-refractivity contribution < 1.29 is 4.79 Å². The molecule has 3 aromatic rings. The van der Waals surface area contributed by atoms with Crippen molar-refractivity contribution in [2.24, 2.45) is 0 Å². The molecule has 0 bridgehead atoms. The smallest absolute Gasteiger partial charge is 0.252 e. The molecule has 0 unspecified atom stereocenters. The molecule has 1 saturated heterocycles. The molecule has 1 aliphatic heterocycles. The topological polar surface area (TPSA) is 112 Å². The average Bonchev–Trinajstić information content (AvgIpc) is 3.28. The monoisotopic (exact) mass is 430 g/mol. The van der Waals surface area contributed by atoms with Crippen LogP contribution in [-0.2, 0) is 0 Å². The van der Waals surface area contributed by atoms with Gasteiger partial charge < -0.3 is 15.5 Å². The van der Waals surface area contributed by atoms with Gasteiger partial charge in [0.15, 0.2) is 0 Å². The van der Waals surface area contributed by atoms with E-state index in [4.69, 9.17) is 5.26 Å². The summed E-state index contributed by atoms with van der Waals surface area (Å²) >= 11 is 0. The van der Waals surface area contributed by atoms with Crippen LogP contribution in [0.5, 0.6) is 0 Å². The number of amides is 1. The van der Waals surface area contributed by atoms with Crippen LogP contribution < -0.4 is 10.6 Å². The minimum absolute atomic E-state index is 0.0188. The Kier molecular flexibility index (Phi) is 6.42. The molecule has 4 rings (SSSR count). The molecule has 2 N–H and O–H groups in total. The molecular weight excluding hydrogens is 404 g/mol. The number of likely N-dealkylation sites (tertiary alicyclic amines) is 1. The molecule has 1 aliphatic rings. The number of nitrogens with zero attached hydrogens (tertiary/aromatic N) is 6. The predicted molar refractivity (Wildman–Crippen MR) is 121 cm³/mol. The molecule has 2 aromatic heterocycles. The van der Waals surface area contributed by atoms with E-state index in [-0.39, 0.29) is 12.5 Å². The Bertz CT molecular complexity index is 1120. The second kappa shape index (κ2) is 9.58. The lowest BCUT2D eigenvalue weighted by Crippen LogP contribution is -2.31. The first-order valence-electron chi connectivity index (χ1n) is 10.6. The van der Waals surface area contributed by atoms with Crippen molar-refractivity contribution in [1.82, 2.24) is 30.0 Å². The summed E-state index contributed by atoms with van der Waals surface area (Å²) in [5, 5.41) is 18.9. The summed E-state index contributed by atoms with van der Waals surface area (Å²) < 4.78 is 2.03. The Morgan fingerprint density at radius 2 is 1.97 bits per heavy atom. The molecule has 0 spiro atoms. The van der Waals surface area contributed by atoms with Crippen molar-refractivity contribution >= 4 is 17.5 Å². The number of aromatic nitrogens is 4. The lowest BCUT2D eigenvalue weighted by Gasteiger charge is -2.28. The van der Waals surface area contributed by atoms with E-state index in [1.54, 1.807) is 24.5 Å². The number of nitrogens with one attached hydrogen (secondary N) is 2. The molecule has 0 saturated carbocycles. The first-order valence-corrected chi connectivity index (χ1v) is 10.6. The van der Waals surface area contributed by atoms with Crippen molar-refractivity contribution in [2.45, 2.75) is 25.8 Å². The molecule has 1 amide bonds. The van der Waals surface area contributed by atoms with Gasteiger partial charge in [0.2, 0.25) is 5.95 Å². The fourth-order valence-electron chi connectivity index (χ4n) is 3.79. The van der Waals surface area contributed by atoms with E-state index >= 15 is 0 Å². The maximum Gasteiger partial charge on any atom is 0.252 e. The number of carbonyl (C=O) groups excluding carboxylic acids is 1. The van der Waals surface area contributed by atoms with E-state index < -0.39 is 0 Å². The van der Waals surface area contributed by atoms with Gasteiger partial charge in [0.25, 0.3) is 5.91 Å². The Hall–Kier alpha value is -3.77. The molecule has 164 valence electrons. The van der Waals surface area contributed by atoms with Gasteiger partial charge in [-0.3, -0.25) is 9.48 Å². The second-order valence-electron chi connectivity index (χ2n) is 8.01. The summed E-state index contributed by atoms with van der Waals surface area (Å²) in [4.78, 5) is 23.4. The molecule has 9 nitrogen and oxygen atoms in total. The Balaban J connectivity index is 1.47. The molecule has 3 heterocycles. The summed E-state index contributed by atoms with van der Waals surface area (Å²) in [6, 6.07) is 9.45. The lowest BCUT2D eigenvalue weighted by atomic mass is 10.1. The molecule has 1 fully saturated rings. The van der Waals surface area contributed by atoms with Crippen molar-refractivity contribution in [1.29, 1.82) is 5.26 Å². The Labute approximate surface area is 187 Å². The first-order chi connectivity index (χ1) is 15.5. The number of hydrogen-bond donors (Lipinski definition) is 2. The van der Waals surface area contributed by atoms with Crippen LogP contribution in [0, 0.1) is 18.3 Å². The third kappa shape index (κ3) is 4.92. The summed E-state index contributed by atoms with van der Waals surface area (Å²) in [6.07, 6.45) is 7.77. The van der Waals surface area contributed by atoms with E-state index in [0.717, 1.165) is 48.4 Å². The normalized spacial score (nSPS) is 14.7. The van der Waals surface area contributed by atoms with Gasteiger partial charge in [0.05, 0.1) is 29.7 Å². The minimum atomic E-state index is -0.276. The van der Waals surface area contributed by atoms with Crippen molar-refractivity contribution in [3.63, 3.8) is 0 Å². The number of piperidine rings is 1.